The van der Waals surface area contributed by atoms with E-state index in [4.69, 9.17) is 0 Å². The number of hydrogen-bond acceptors (Lipinski definition) is 2. The summed E-state index contributed by atoms with van der Waals surface area (Å²) in [5, 5.41) is 0. The summed E-state index contributed by atoms with van der Waals surface area (Å²) < 4.78 is 0. The van der Waals surface area contributed by atoms with Crippen molar-refractivity contribution in [1.82, 2.24) is 9.97 Å². The van der Waals surface area contributed by atoms with Crippen LogP contribution in [0.4, 0.5) is 0 Å². The number of hydrogen-bond donors (Lipinski definition) is 0. The quantitative estimate of drug-likeness (QED) is 0.126. The van der Waals surface area contributed by atoms with Crippen molar-refractivity contribution in [2.75, 3.05) is 0 Å². The van der Waals surface area contributed by atoms with Crippen LogP contribution >= 0.6 is 0 Å². The Morgan fingerprint density at radius 3 is 1.20 bits per heavy atom. The first-order valence-electron chi connectivity index (χ1n) is 15.9. The van der Waals surface area contributed by atoms with Gasteiger partial charge in [-0.2, -0.15) is 0 Å². The summed E-state index contributed by atoms with van der Waals surface area (Å²) in [6, 6.07) is 22.4. The van der Waals surface area contributed by atoms with Crippen molar-refractivity contribution in [3.05, 3.63) is 96.6 Å². The Balaban J connectivity index is 1.67. The van der Waals surface area contributed by atoms with Crippen LogP contribution in [0.15, 0.2) is 85.5 Å². The molecule has 0 fully saturated rings. The van der Waals surface area contributed by atoms with E-state index in [1.54, 1.807) is 11.1 Å². The average Bonchev–Trinajstić information content (AvgIpc) is 3.01. The zero-order chi connectivity index (χ0) is 27.8. The molecular weight excluding hydrogens is 484 g/mol. The molecule has 2 aromatic carbocycles. The number of unbranched alkanes of at least 4 members (excludes halogenated alkanes) is 10. The second-order valence-electron chi connectivity index (χ2n) is 11.2. The van der Waals surface area contributed by atoms with Gasteiger partial charge < -0.3 is 0 Å². The molecule has 0 aliphatic heterocycles. The highest BCUT2D eigenvalue weighted by molar-refractivity contribution is 5.78. The highest BCUT2D eigenvalue weighted by Gasteiger charge is 2.16. The molecule has 4 rings (SSSR count). The molecule has 0 aliphatic rings. The molecule has 210 valence electrons. The number of rotatable bonds is 17. The minimum atomic E-state index is 1.15. The predicted octanol–water partition coefficient (Wildman–Crippen LogP) is 11.3. The lowest BCUT2D eigenvalue weighted by atomic mass is 9.84. The number of pyridine rings is 2. The van der Waals surface area contributed by atoms with Gasteiger partial charge in [0.25, 0.3) is 0 Å². The molecular formula is C38H48N2. The topological polar surface area (TPSA) is 25.8 Å². The van der Waals surface area contributed by atoms with Gasteiger partial charge in [-0.25, -0.2) is 0 Å². The van der Waals surface area contributed by atoms with Gasteiger partial charge in [-0.3, -0.25) is 9.97 Å². The fraction of sp³-hybridized carbons (Fsp3) is 0.421. The van der Waals surface area contributed by atoms with Gasteiger partial charge in [0.15, 0.2) is 0 Å². The molecule has 0 unspecified atom stereocenters. The molecule has 2 nitrogen and oxygen atoms in total. The van der Waals surface area contributed by atoms with E-state index in [1.807, 2.05) is 24.8 Å². The summed E-state index contributed by atoms with van der Waals surface area (Å²) in [5.74, 6) is 0. The van der Waals surface area contributed by atoms with Crippen LogP contribution in [0.25, 0.3) is 33.4 Å². The SMILES string of the molecule is CCCCCCCCc1c(-c2ccncc2)ccc(-c2ccc(-c3ccncc3)cc2)c1CCCCCCCC. The summed E-state index contributed by atoms with van der Waals surface area (Å²) >= 11 is 0. The summed E-state index contributed by atoms with van der Waals surface area (Å²) in [7, 11) is 0. The maximum absolute atomic E-state index is 4.31. The molecule has 0 aliphatic carbocycles. The van der Waals surface area contributed by atoms with E-state index in [-0.39, 0.29) is 0 Å². The molecule has 0 atom stereocenters. The Morgan fingerprint density at radius 2 is 0.725 bits per heavy atom. The monoisotopic (exact) mass is 532 g/mol. The van der Waals surface area contributed by atoms with Crippen LogP contribution in [-0.2, 0) is 12.8 Å². The molecule has 2 heterocycles. The molecule has 0 saturated heterocycles. The van der Waals surface area contributed by atoms with Gasteiger partial charge in [0.1, 0.15) is 0 Å². The van der Waals surface area contributed by atoms with Crippen molar-refractivity contribution in [3.8, 4) is 33.4 Å². The molecule has 0 spiro atoms. The first kappa shape index (κ1) is 29.7. The van der Waals surface area contributed by atoms with E-state index in [2.05, 4.69) is 84.5 Å². The standard InChI is InChI=1S/C38H48N2/c1-3-5-7-9-11-13-15-37-35(33-19-17-31(18-20-33)32-23-27-39-28-24-32)21-22-36(34-25-29-40-30-26-34)38(37)16-14-12-10-8-6-4-2/h17-30H,3-16H2,1-2H3. The third kappa shape index (κ3) is 8.62. The normalized spacial score (nSPS) is 11.2. The molecule has 4 aromatic rings. The van der Waals surface area contributed by atoms with Gasteiger partial charge in [-0.05, 0) is 94.5 Å². The summed E-state index contributed by atoms with van der Waals surface area (Å²) in [6.07, 6.45) is 25.8. The first-order chi connectivity index (χ1) is 19.8. The number of nitrogens with zero attached hydrogens (tertiary/aromatic N) is 2. The fourth-order valence-corrected chi connectivity index (χ4v) is 5.89. The molecule has 2 heteroatoms. The number of benzene rings is 2. The summed E-state index contributed by atoms with van der Waals surface area (Å²) in [5.41, 5.74) is 11.0. The average molecular weight is 533 g/mol. The minimum Gasteiger partial charge on any atom is -0.265 e. The Hall–Kier alpha value is -3.26. The van der Waals surface area contributed by atoms with E-state index >= 15 is 0 Å². The van der Waals surface area contributed by atoms with E-state index in [1.165, 1.54) is 110 Å². The lowest BCUT2D eigenvalue weighted by molar-refractivity contribution is 0.599. The van der Waals surface area contributed by atoms with Gasteiger partial charge in [-0.15, -0.1) is 0 Å². The van der Waals surface area contributed by atoms with Gasteiger partial charge in [0, 0.05) is 24.8 Å². The van der Waals surface area contributed by atoms with Crippen molar-refractivity contribution < 1.29 is 0 Å². The van der Waals surface area contributed by atoms with E-state index < -0.39 is 0 Å². The molecule has 0 amide bonds. The van der Waals surface area contributed by atoms with E-state index in [9.17, 15) is 0 Å². The van der Waals surface area contributed by atoms with Gasteiger partial charge >= 0.3 is 0 Å². The van der Waals surface area contributed by atoms with Crippen LogP contribution in [0.2, 0.25) is 0 Å². The van der Waals surface area contributed by atoms with Crippen molar-refractivity contribution in [1.29, 1.82) is 0 Å². The molecule has 0 N–H and O–H groups in total. The third-order valence-electron chi connectivity index (χ3n) is 8.19. The van der Waals surface area contributed by atoms with Crippen LogP contribution in [0, 0.1) is 0 Å². The van der Waals surface area contributed by atoms with Crippen LogP contribution < -0.4 is 0 Å². The zero-order valence-corrected chi connectivity index (χ0v) is 24.9. The Bertz CT molecular complexity index is 1250. The van der Waals surface area contributed by atoms with Crippen molar-refractivity contribution >= 4 is 0 Å². The van der Waals surface area contributed by atoms with Crippen molar-refractivity contribution in [2.45, 2.75) is 104 Å². The van der Waals surface area contributed by atoms with Gasteiger partial charge in [-0.1, -0.05) is 114 Å². The van der Waals surface area contributed by atoms with Crippen LogP contribution in [0.1, 0.15) is 102 Å². The summed E-state index contributed by atoms with van der Waals surface area (Å²) in [6.45, 7) is 4.59. The maximum atomic E-state index is 4.31. The first-order valence-corrected chi connectivity index (χ1v) is 15.9. The zero-order valence-electron chi connectivity index (χ0n) is 24.9. The van der Waals surface area contributed by atoms with Crippen LogP contribution in [-0.4, -0.2) is 9.97 Å². The lowest BCUT2D eigenvalue weighted by Crippen LogP contribution is -2.02. The van der Waals surface area contributed by atoms with Crippen molar-refractivity contribution in [2.24, 2.45) is 0 Å². The highest BCUT2D eigenvalue weighted by Crippen LogP contribution is 2.36. The van der Waals surface area contributed by atoms with Crippen LogP contribution in [0.5, 0.6) is 0 Å². The Labute approximate surface area is 243 Å². The Morgan fingerprint density at radius 1 is 0.375 bits per heavy atom. The maximum Gasteiger partial charge on any atom is 0.0273 e. The predicted molar refractivity (Wildman–Crippen MR) is 172 cm³/mol. The molecule has 0 bridgehead atoms. The lowest BCUT2D eigenvalue weighted by Gasteiger charge is -2.20. The fourth-order valence-electron chi connectivity index (χ4n) is 5.89. The highest BCUT2D eigenvalue weighted by atomic mass is 14.6. The second kappa shape index (κ2) is 16.8. The molecule has 0 radical (unpaired) electrons. The number of aromatic nitrogens is 2. The van der Waals surface area contributed by atoms with Gasteiger partial charge in [0.2, 0.25) is 0 Å². The smallest absolute Gasteiger partial charge is 0.0273 e. The van der Waals surface area contributed by atoms with Crippen LogP contribution in [0.3, 0.4) is 0 Å². The minimum absolute atomic E-state index is 1.15. The van der Waals surface area contributed by atoms with E-state index in [0.717, 1.165) is 12.8 Å². The summed E-state index contributed by atoms with van der Waals surface area (Å²) in [4.78, 5) is 8.49. The molecule has 2 aromatic heterocycles. The van der Waals surface area contributed by atoms with Gasteiger partial charge in [0.05, 0.1) is 0 Å². The second-order valence-corrected chi connectivity index (χ2v) is 11.2. The van der Waals surface area contributed by atoms with E-state index in [0.29, 0.717) is 0 Å². The Kier molecular flexibility index (Phi) is 12.4. The third-order valence-corrected chi connectivity index (χ3v) is 8.19. The van der Waals surface area contributed by atoms with Crippen molar-refractivity contribution in [3.63, 3.8) is 0 Å². The molecule has 40 heavy (non-hydrogen) atoms. The largest absolute Gasteiger partial charge is 0.265 e. The molecule has 0 saturated carbocycles.